The average Bonchev–Trinajstić information content (AvgIpc) is 3.21. The van der Waals surface area contributed by atoms with Crippen molar-refractivity contribution in [2.45, 2.75) is 25.6 Å². The van der Waals surface area contributed by atoms with Crippen molar-refractivity contribution in [3.8, 4) is 11.5 Å². The van der Waals surface area contributed by atoms with Crippen LogP contribution in [-0.2, 0) is 0 Å². The van der Waals surface area contributed by atoms with Crippen LogP contribution >= 0.6 is 15.9 Å². The number of benzene rings is 3. The van der Waals surface area contributed by atoms with E-state index in [0.717, 1.165) is 44.8 Å². The molecule has 0 saturated carbocycles. The van der Waals surface area contributed by atoms with Gasteiger partial charge in [-0.3, -0.25) is 0 Å². The lowest BCUT2D eigenvalue weighted by atomic mass is 9.96. The minimum Gasteiger partial charge on any atom is -0.494 e. The first kappa shape index (κ1) is 18.3. The predicted molar refractivity (Wildman–Crippen MR) is 117 cm³/mol. The molecule has 2 heterocycles. The van der Waals surface area contributed by atoms with E-state index in [2.05, 4.69) is 63.4 Å². The van der Waals surface area contributed by atoms with E-state index in [-0.39, 0.29) is 12.3 Å². The topological polar surface area (TPSA) is 34.1 Å². The maximum atomic E-state index is 6.43. The summed E-state index contributed by atoms with van der Waals surface area (Å²) in [5.74, 6) is 1.78. The van der Waals surface area contributed by atoms with Gasteiger partial charge in [-0.25, -0.2) is 5.01 Å². The van der Waals surface area contributed by atoms with E-state index in [1.54, 1.807) is 0 Å². The molecule has 5 rings (SSSR count). The average molecular weight is 449 g/mol. The summed E-state index contributed by atoms with van der Waals surface area (Å²) in [5.41, 5.74) is 4.47. The molecule has 0 fully saturated rings. The van der Waals surface area contributed by atoms with Gasteiger partial charge in [-0.15, -0.1) is 0 Å². The molecule has 2 atom stereocenters. The van der Waals surface area contributed by atoms with Crippen molar-refractivity contribution in [2.24, 2.45) is 5.10 Å². The Morgan fingerprint density at radius 1 is 1.07 bits per heavy atom. The van der Waals surface area contributed by atoms with Crippen LogP contribution in [-0.4, -0.2) is 17.3 Å². The lowest BCUT2D eigenvalue weighted by Crippen LogP contribution is -2.33. The van der Waals surface area contributed by atoms with Crippen molar-refractivity contribution in [1.29, 1.82) is 0 Å². The van der Waals surface area contributed by atoms with Crippen molar-refractivity contribution in [3.05, 3.63) is 94.0 Å². The molecule has 4 nitrogen and oxygen atoms in total. The van der Waals surface area contributed by atoms with Gasteiger partial charge >= 0.3 is 0 Å². The zero-order valence-corrected chi connectivity index (χ0v) is 17.7. The first-order chi connectivity index (χ1) is 14.2. The maximum absolute atomic E-state index is 6.43. The lowest BCUT2D eigenvalue weighted by Gasteiger charge is -2.38. The number of halogens is 1. The van der Waals surface area contributed by atoms with Gasteiger partial charge in [0, 0.05) is 22.0 Å². The highest BCUT2D eigenvalue weighted by Gasteiger charge is 2.41. The van der Waals surface area contributed by atoms with Gasteiger partial charge in [0.05, 0.1) is 18.4 Å². The SMILES string of the molecule is CCOc1ccc([C@H]2Oc3ccc(Br)cc3[C@@H]3CC(c4ccccc4)=NN23)cc1. The molecule has 0 saturated heterocycles. The Hall–Kier alpha value is -2.79. The third-order valence-electron chi connectivity index (χ3n) is 5.34. The van der Waals surface area contributed by atoms with Crippen molar-refractivity contribution < 1.29 is 9.47 Å². The fourth-order valence-electron chi connectivity index (χ4n) is 3.98. The highest BCUT2D eigenvalue weighted by atomic mass is 79.9. The van der Waals surface area contributed by atoms with E-state index < -0.39 is 0 Å². The maximum Gasteiger partial charge on any atom is 0.213 e. The Kier molecular flexibility index (Phi) is 4.76. The van der Waals surface area contributed by atoms with E-state index in [0.29, 0.717) is 6.61 Å². The second-order valence-corrected chi connectivity index (χ2v) is 8.08. The molecule has 146 valence electrons. The number of rotatable bonds is 4. The summed E-state index contributed by atoms with van der Waals surface area (Å²) in [6.07, 6.45) is 0.579. The van der Waals surface area contributed by atoms with Gasteiger partial charge < -0.3 is 9.47 Å². The number of hydrazone groups is 1. The molecule has 2 aliphatic rings. The van der Waals surface area contributed by atoms with Crippen LogP contribution in [0.25, 0.3) is 0 Å². The van der Waals surface area contributed by atoms with Crippen molar-refractivity contribution in [1.82, 2.24) is 5.01 Å². The number of hydrogen-bond acceptors (Lipinski definition) is 4. The number of hydrogen-bond donors (Lipinski definition) is 0. The molecule has 29 heavy (non-hydrogen) atoms. The molecule has 3 aromatic carbocycles. The zero-order valence-electron chi connectivity index (χ0n) is 16.1. The van der Waals surface area contributed by atoms with Crippen LogP contribution in [0.3, 0.4) is 0 Å². The molecule has 3 aromatic rings. The summed E-state index contributed by atoms with van der Waals surface area (Å²) >= 11 is 3.60. The fraction of sp³-hybridized carbons (Fsp3) is 0.208. The van der Waals surface area contributed by atoms with E-state index in [1.165, 1.54) is 0 Å². The van der Waals surface area contributed by atoms with Crippen molar-refractivity contribution >= 4 is 21.6 Å². The summed E-state index contributed by atoms with van der Waals surface area (Å²) < 4.78 is 13.1. The Morgan fingerprint density at radius 3 is 2.62 bits per heavy atom. The summed E-state index contributed by atoms with van der Waals surface area (Å²) in [6, 6.07) is 24.8. The van der Waals surface area contributed by atoms with E-state index in [9.17, 15) is 0 Å². The number of fused-ring (bicyclic) bond motifs is 3. The summed E-state index contributed by atoms with van der Waals surface area (Å²) in [7, 11) is 0. The largest absolute Gasteiger partial charge is 0.494 e. The van der Waals surface area contributed by atoms with Gasteiger partial charge in [0.25, 0.3) is 0 Å². The molecular formula is C24H21BrN2O2. The minimum atomic E-state index is -0.273. The van der Waals surface area contributed by atoms with E-state index in [4.69, 9.17) is 14.6 Å². The Balaban J connectivity index is 1.56. The van der Waals surface area contributed by atoms with Crippen LogP contribution in [0.5, 0.6) is 11.5 Å². The van der Waals surface area contributed by atoms with E-state index >= 15 is 0 Å². The Morgan fingerprint density at radius 2 is 1.86 bits per heavy atom. The van der Waals surface area contributed by atoms with Crippen molar-refractivity contribution in [3.63, 3.8) is 0 Å². The molecule has 0 spiro atoms. The smallest absolute Gasteiger partial charge is 0.213 e. The minimum absolute atomic E-state index is 0.142. The Labute approximate surface area is 178 Å². The second-order valence-electron chi connectivity index (χ2n) is 7.17. The first-order valence-corrected chi connectivity index (χ1v) is 10.6. The molecule has 0 aromatic heterocycles. The molecule has 0 unspecified atom stereocenters. The predicted octanol–water partition coefficient (Wildman–Crippen LogP) is 6.09. The van der Waals surface area contributed by atoms with E-state index in [1.807, 2.05) is 37.3 Å². The normalized spacial score (nSPS) is 19.8. The van der Waals surface area contributed by atoms with Gasteiger partial charge in [-0.2, -0.15) is 5.10 Å². The van der Waals surface area contributed by atoms with Crippen LogP contribution in [0.2, 0.25) is 0 Å². The summed E-state index contributed by atoms with van der Waals surface area (Å²) in [4.78, 5) is 0. The first-order valence-electron chi connectivity index (χ1n) is 9.83. The van der Waals surface area contributed by atoms with Crippen molar-refractivity contribution in [2.75, 3.05) is 6.61 Å². The molecule has 5 heteroatoms. The summed E-state index contributed by atoms with van der Waals surface area (Å²) in [6.45, 7) is 2.64. The number of ether oxygens (including phenoxy) is 2. The highest BCUT2D eigenvalue weighted by molar-refractivity contribution is 9.10. The third kappa shape index (κ3) is 3.40. The summed E-state index contributed by atoms with van der Waals surface area (Å²) in [5, 5.41) is 7.11. The van der Waals surface area contributed by atoms with Crippen LogP contribution in [0.15, 0.2) is 82.4 Å². The van der Waals surface area contributed by atoms with Crippen LogP contribution < -0.4 is 9.47 Å². The molecule has 0 N–H and O–H groups in total. The standard InChI is InChI=1S/C24H21BrN2O2/c1-2-28-19-11-8-17(9-12-19)24-27-22(20-14-18(25)10-13-23(20)29-24)15-21(26-27)16-6-4-3-5-7-16/h3-14,22,24H,2,15H2,1H3/t22-,24+/m0/s1. The highest BCUT2D eigenvalue weighted by Crippen LogP contribution is 2.48. The molecule has 0 radical (unpaired) electrons. The van der Waals surface area contributed by atoms with Crippen LogP contribution in [0.4, 0.5) is 0 Å². The van der Waals surface area contributed by atoms with Crippen LogP contribution in [0.1, 0.15) is 42.3 Å². The molecular weight excluding hydrogens is 428 g/mol. The number of nitrogens with zero attached hydrogens (tertiary/aromatic N) is 2. The zero-order chi connectivity index (χ0) is 19.8. The van der Waals surface area contributed by atoms with Crippen LogP contribution in [0, 0.1) is 0 Å². The molecule has 0 amide bonds. The van der Waals surface area contributed by atoms with Gasteiger partial charge in [0.15, 0.2) is 0 Å². The lowest BCUT2D eigenvalue weighted by molar-refractivity contribution is -0.0191. The van der Waals surface area contributed by atoms with Gasteiger partial charge in [0.2, 0.25) is 6.23 Å². The quantitative estimate of drug-likeness (QED) is 0.484. The molecule has 0 aliphatic carbocycles. The molecule has 2 aliphatic heterocycles. The van der Waals surface area contributed by atoms with Gasteiger partial charge in [-0.05, 0) is 55.0 Å². The van der Waals surface area contributed by atoms with Gasteiger partial charge in [-0.1, -0.05) is 46.3 Å². The third-order valence-corrected chi connectivity index (χ3v) is 5.83. The monoisotopic (exact) mass is 448 g/mol. The fourth-order valence-corrected chi connectivity index (χ4v) is 4.36. The Bertz CT molecular complexity index is 1050. The van der Waals surface area contributed by atoms with Gasteiger partial charge in [0.1, 0.15) is 11.5 Å². The molecule has 0 bridgehead atoms. The second kappa shape index (κ2) is 7.56.